The Labute approximate surface area is 123 Å². The lowest BCUT2D eigenvalue weighted by atomic mass is 10.3. The van der Waals surface area contributed by atoms with Gasteiger partial charge >= 0.3 is 0 Å². The second kappa shape index (κ2) is 5.25. The summed E-state index contributed by atoms with van der Waals surface area (Å²) in [6, 6.07) is 2.07. The summed E-state index contributed by atoms with van der Waals surface area (Å²) in [4.78, 5) is 15.3. The zero-order valence-corrected chi connectivity index (χ0v) is 12.8. The lowest BCUT2D eigenvalue weighted by Crippen LogP contribution is -2.21. The maximum Gasteiger partial charge on any atom is 0.234 e. The van der Waals surface area contributed by atoms with Crippen LogP contribution >= 0.6 is 0 Å². The Balaban J connectivity index is 1.83. The maximum absolute atomic E-state index is 4.46. The molecular formula is C14H19N7. The van der Waals surface area contributed by atoms with Crippen LogP contribution in [0.5, 0.6) is 0 Å². The summed E-state index contributed by atoms with van der Waals surface area (Å²) in [5.74, 6) is 1.70. The number of hydrogen-bond donors (Lipinski definition) is 0. The second-order valence-corrected chi connectivity index (χ2v) is 5.40. The average Bonchev–Trinajstić information content (AvgIpc) is 2.97. The summed E-state index contributed by atoms with van der Waals surface area (Å²) in [5.41, 5.74) is 3.27. The molecule has 21 heavy (non-hydrogen) atoms. The number of fused-ring (bicyclic) bond motifs is 1. The lowest BCUT2D eigenvalue weighted by molar-refractivity contribution is 0.300. The van der Waals surface area contributed by atoms with Crippen LogP contribution in [0.3, 0.4) is 0 Å². The first-order chi connectivity index (χ1) is 10.0. The van der Waals surface area contributed by atoms with Crippen molar-refractivity contribution in [3.63, 3.8) is 0 Å². The highest BCUT2D eigenvalue weighted by atomic mass is 15.3. The van der Waals surface area contributed by atoms with Gasteiger partial charge in [-0.2, -0.15) is 5.10 Å². The van der Waals surface area contributed by atoms with Crippen LogP contribution in [0.15, 0.2) is 18.6 Å². The van der Waals surface area contributed by atoms with Crippen molar-refractivity contribution in [1.29, 1.82) is 0 Å². The van der Waals surface area contributed by atoms with Gasteiger partial charge < -0.3 is 0 Å². The molecular weight excluding hydrogens is 266 g/mol. The Morgan fingerprint density at radius 3 is 2.71 bits per heavy atom. The molecule has 3 rings (SSSR count). The van der Waals surface area contributed by atoms with Gasteiger partial charge in [0.05, 0.1) is 18.4 Å². The molecule has 7 heteroatoms. The molecule has 0 amide bonds. The minimum Gasteiger partial charge on any atom is -0.293 e. The van der Waals surface area contributed by atoms with Gasteiger partial charge in [-0.1, -0.05) is 0 Å². The maximum atomic E-state index is 4.46. The number of hydrogen-bond acceptors (Lipinski definition) is 5. The molecule has 3 aromatic rings. The molecule has 0 radical (unpaired) electrons. The minimum absolute atomic E-state index is 0.738. The van der Waals surface area contributed by atoms with Crippen LogP contribution in [0.25, 0.3) is 5.78 Å². The van der Waals surface area contributed by atoms with Gasteiger partial charge in [0.1, 0.15) is 12.2 Å². The molecule has 3 heterocycles. The van der Waals surface area contributed by atoms with Crippen molar-refractivity contribution in [2.24, 2.45) is 7.05 Å². The Kier molecular flexibility index (Phi) is 3.42. The van der Waals surface area contributed by atoms with Crippen LogP contribution < -0.4 is 0 Å². The van der Waals surface area contributed by atoms with Crippen LogP contribution in [0.2, 0.25) is 0 Å². The quantitative estimate of drug-likeness (QED) is 0.718. The van der Waals surface area contributed by atoms with Crippen molar-refractivity contribution in [2.45, 2.75) is 26.9 Å². The van der Waals surface area contributed by atoms with E-state index in [2.05, 4.69) is 49.4 Å². The van der Waals surface area contributed by atoms with E-state index in [4.69, 9.17) is 0 Å². The number of rotatable bonds is 4. The van der Waals surface area contributed by atoms with E-state index in [1.165, 1.54) is 0 Å². The van der Waals surface area contributed by atoms with E-state index >= 15 is 0 Å². The van der Waals surface area contributed by atoms with Gasteiger partial charge in [-0.25, -0.2) is 15.0 Å². The lowest BCUT2D eigenvalue weighted by Gasteiger charge is -2.16. The summed E-state index contributed by atoms with van der Waals surface area (Å²) in [6.45, 7) is 5.58. The monoisotopic (exact) mass is 285 g/mol. The zero-order chi connectivity index (χ0) is 15.0. The first-order valence-electron chi connectivity index (χ1n) is 6.86. The number of nitrogens with zero attached hydrogens (tertiary/aromatic N) is 7. The SMILES string of the molecule is Cc1cc(C)n2c(CN(C)Cc3ncnn3C)cnc2n1. The van der Waals surface area contributed by atoms with E-state index in [1.807, 2.05) is 20.2 Å². The fraction of sp³-hybridized carbons (Fsp3) is 0.429. The van der Waals surface area contributed by atoms with Crippen LogP contribution in [0.1, 0.15) is 22.9 Å². The molecule has 0 aromatic carbocycles. The average molecular weight is 285 g/mol. The molecule has 0 N–H and O–H groups in total. The highest BCUT2D eigenvalue weighted by Crippen LogP contribution is 2.12. The Morgan fingerprint density at radius 1 is 1.19 bits per heavy atom. The topological polar surface area (TPSA) is 64.1 Å². The molecule has 0 fully saturated rings. The summed E-state index contributed by atoms with van der Waals surface area (Å²) in [6.07, 6.45) is 3.47. The van der Waals surface area contributed by atoms with Gasteiger partial charge in [-0.05, 0) is 27.0 Å². The molecule has 7 nitrogen and oxygen atoms in total. The number of aromatic nitrogens is 6. The predicted molar refractivity (Wildman–Crippen MR) is 78.6 cm³/mol. The standard InChI is InChI=1S/C14H19N7/c1-10-5-11(2)21-12(6-15-14(21)18-10)7-19(3)8-13-16-9-17-20(13)4/h5-6,9H,7-8H2,1-4H3. The van der Waals surface area contributed by atoms with E-state index in [0.29, 0.717) is 0 Å². The van der Waals surface area contributed by atoms with Crippen molar-refractivity contribution < 1.29 is 0 Å². The smallest absolute Gasteiger partial charge is 0.234 e. The highest BCUT2D eigenvalue weighted by molar-refractivity contribution is 5.35. The largest absolute Gasteiger partial charge is 0.293 e. The van der Waals surface area contributed by atoms with Gasteiger partial charge in [-0.15, -0.1) is 0 Å². The van der Waals surface area contributed by atoms with Crippen molar-refractivity contribution in [1.82, 2.24) is 34.0 Å². The van der Waals surface area contributed by atoms with E-state index in [1.54, 1.807) is 11.0 Å². The molecule has 110 valence electrons. The van der Waals surface area contributed by atoms with Crippen molar-refractivity contribution in [3.05, 3.63) is 41.5 Å². The van der Waals surface area contributed by atoms with Gasteiger partial charge in [0.2, 0.25) is 5.78 Å². The van der Waals surface area contributed by atoms with Crippen molar-refractivity contribution in [3.8, 4) is 0 Å². The molecule has 0 spiro atoms. The van der Waals surface area contributed by atoms with Gasteiger partial charge in [0.15, 0.2) is 0 Å². The number of imidazole rings is 1. The van der Waals surface area contributed by atoms with E-state index in [9.17, 15) is 0 Å². The Morgan fingerprint density at radius 2 is 2.00 bits per heavy atom. The second-order valence-electron chi connectivity index (χ2n) is 5.40. The summed E-state index contributed by atoms with van der Waals surface area (Å²) >= 11 is 0. The molecule has 0 aliphatic rings. The van der Waals surface area contributed by atoms with Crippen LogP contribution in [0, 0.1) is 13.8 Å². The Bertz CT molecular complexity index is 771. The number of aryl methyl sites for hydroxylation is 3. The van der Waals surface area contributed by atoms with E-state index in [0.717, 1.165) is 41.8 Å². The molecule has 3 aromatic heterocycles. The predicted octanol–water partition coefficient (Wildman–Crippen LogP) is 1.11. The van der Waals surface area contributed by atoms with Crippen LogP contribution in [0.4, 0.5) is 0 Å². The van der Waals surface area contributed by atoms with E-state index < -0.39 is 0 Å². The van der Waals surface area contributed by atoms with Crippen LogP contribution in [-0.2, 0) is 20.1 Å². The molecule has 0 aliphatic heterocycles. The van der Waals surface area contributed by atoms with Gasteiger partial charge in [-0.3, -0.25) is 14.0 Å². The molecule has 0 bridgehead atoms. The summed E-state index contributed by atoms with van der Waals surface area (Å²) in [5, 5.41) is 4.09. The van der Waals surface area contributed by atoms with Gasteiger partial charge in [0, 0.05) is 25.0 Å². The summed E-state index contributed by atoms with van der Waals surface area (Å²) < 4.78 is 3.89. The molecule has 0 saturated heterocycles. The zero-order valence-electron chi connectivity index (χ0n) is 12.8. The molecule has 0 saturated carbocycles. The first-order valence-corrected chi connectivity index (χ1v) is 6.86. The van der Waals surface area contributed by atoms with Gasteiger partial charge in [0.25, 0.3) is 0 Å². The molecule has 0 atom stereocenters. The Hall–Kier alpha value is -2.28. The third-order valence-corrected chi connectivity index (χ3v) is 3.51. The third-order valence-electron chi connectivity index (χ3n) is 3.51. The van der Waals surface area contributed by atoms with E-state index in [-0.39, 0.29) is 0 Å². The van der Waals surface area contributed by atoms with Crippen molar-refractivity contribution >= 4 is 5.78 Å². The fourth-order valence-corrected chi connectivity index (χ4v) is 2.54. The molecule has 0 unspecified atom stereocenters. The van der Waals surface area contributed by atoms with Crippen molar-refractivity contribution in [2.75, 3.05) is 7.05 Å². The fourth-order valence-electron chi connectivity index (χ4n) is 2.54. The molecule has 0 aliphatic carbocycles. The highest BCUT2D eigenvalue weighted by Gasteiger charge is 2.11. The summed E-state index contributed by atoms with van der Waals surface area (Å²) in [7, 11) is 3.96. The van der Waals surface area contributed by atoms with Crippen LogP contribution in [-0.4, -0.2) is 41.1 Å². The first kappa shape index (κ1) is 13.7. The minimum atomic E-state index is 0.738. The normalized spacial score (nSPS) is 11.7. The third kappa shape index (κ3) is 2.64.